The second kappa shape index (κ2) is 29.9. The van der Waals surface area contributed by atoms with Gasteiger partial charge in [0, 0.05) is 39.5 Å². The van der Waals surface area contributed by atoms with Crippen molar-refractivity contribution in [3.8, 4) is 0 Å². The average Bonchev–Trinajstić information content (AvgIpc) is 2.02. The first-order chi connectivity index (χ1) is 40.7. The second-order valence-corrected chi connectivity index (χ2v) is 36.7. The lowest BCUT2D eigenvalue weighted by atomic mass is 9.73. The number of ether oxygens (including phenoxy) is 4. The molecule has 0 bridgehead atoms. The molecular weight excluding hydrogens is 1150 g/mol. The van der Waals surface area contributed by atoms with E-state index in [4.69, 9.17) is 23.4 Å². The maximum absolute atomic E-state index is 5.89. The molecule has 10 heteroatoms. The summed E-state index contributed by atoms with van der Waals surface area (Å²) in [5, 5.41) is 2.32. The van der Waals surface area contributed by atoms with Crippen molar-refractivity contribution < 1.29 is 23.4 Å². The molecule has 7 nitrogen and oxygen atoms in total. The molecule has 8 heterocycles. The van der Waals surface area contributed by atoms with Crippen molar-refractivity contribution in [2.24, 2.45) is 32.5 Å². The Morgan fingerprint density at radius 3 is 1.43 bits per heavy atom. The maximum Gasteiger partial charge on any atom is 0.112 e. The molecule has 89 heavy (non-hydrogen) atoms. The highest BCUT2D eigenvalue weighted by Crippen LogP contribution is 2.49. The number of thiophene rings is 1. The zero-order chi connectivity index (χ0) is 65.2. The molecule has 496 valence electrons. The van der Waals surface area contributed by atoms with E-state index in [1.807, 2.05) is 29.6 Å². The molecular formula is C79H122N2O5S3. The highest BCUT2D eigenvalue weighted by Gasteiger charge is 2.38. The first-order valence-corrected chi connectivity index (χ1v) is 35.9. The minimum absolute atomic E-state index is 0. The predicted molar refractivity (Wildman–Crippen MR) is 382 cm³/mol. The van der Waals surface area contributed by atoms with Crippen molar-refractivity contribution in [1.82, 2.24) is 9.97 Å². The minimum Gasteiger partial charge on any atom is -0.466 e. The van der Waals surface area contributed by atoms with Gasteiger partial charge in [0.15, 0.2) is 0 Å². The standard InChI is InChI=1S/C17H26.C15H22.C12H18O2.C12H18OS.2C11H17NOS.CH4/c1-12-10-14-8-6-7-9-16(17(3,4)5)15(14)11-13(12)2;1-10-8-12-6-7-14(15(3,4)5)13(12)9-11(10)2;1-8-7-9-10(14-8)5-6-13-11(9)12(2,3)4;1-8-7-9-5-6-13-11(10(9)14-8)12(2,3)4;1-7-12-9-8(14-7)5-6-13-10(9)11(2,3)4;1-7-12-8-5-6-13-10(9(8)14-7)11(2,3)4;/h10-11,16H,6-9H2,1-5H3;8-9,14H,6-7H2,1-5H3;2*7,11H,5-6H2,1-4H3;2*10H,5-6H2,1-4H3;1H4. The van der Waals surface area contributed by atoms with E-state index in [-0.39, 0.29) is 47.4 Å². The number of aromatic nitrogens is 2. The van der Waals surface area contributed by atoms with E-state index in [0.29, 0.717) is 16.9 Å². The molecule has 0 N–H and O–H groups in total. The Bertz CT molecular complexity index is 2980. The van der Waals surface area contributed by atoms with Crippen molar-refractivity contribution in [3.05, 3.63) is 144 Å². The molecule has 0 amide bonds. The van der Waals surface area contributed by atoms with Gasteiger partial charge in [-0.3, -0.25) is 0 Å². The maximum atomic E-state index is 5.89. The number of thiazole rings is 2. The normalized spacial score (nSPS) is 21.4. The zero-order valence-electron chi connectivity index (χ0n) is 60.0. The van der Waals surface area contributed by atoms with Crippen molar-refractivity contribution >= 4 is 34.0 Å². The van der Waals surface area contributed by atoms with Crippen LogP contribution in [0.15, 0.2) is 40.8 Å². The topological polar surface area (TPSA) is 75.8 Å². The van der Waals surface area contributed by atoms with Gasteiger partial charge in [-0.2, -0.15) is 0 Å². The van der Waals surface area contributed by atoms with Gasteiger partial charge in [-0.05, 0) is 200 Å². The highest BCUT2D eigenvalue weighted by molar-refractivity contribution is 7.12. The minimum atomic E-state index is 0. The molecule has 12 rings (SSSR count). The predicted octanol–water partition coefficient (Wildman–Crippen LogP) is 23.4. The molecule has 0 spiro atoms. The quantitative estimate of drug-likeness (QED) is 0.140. The van der Waals surface area contributed by atoms with Crippen molar-refractivity contribution in [2.75, 3.05) is 26.4 Å². The largest absolute Gasteiger partial charge is 0.466 e. The number of hydrogen-bond acceptors (Lipinski definition) is 10. The van der Waals surface area contributed by atoms with E-state index >= 15 is 0 Å². The Balaban J connectivity index is 0.000000170. The van der Waals surface area contributed by atoms with Crippen LogP contribution >= 0.6 is 34.0 Å². The fourth-order valence-electron chi connectivity index (χ4n) is 13.8. The van der Waals surface area contributed by atoms with Crippen LogP contribution in [0.25, 0.3) is 0 Å². The van der Waals surface area contributed by atoms with Gasteiger partial charge in [0.2, 0.25) is 0 Å². The number of rotatable bonds is 0. The number of aryl methyl sites for hydroxylation is 10. The molecule has 0 saturated carbocycles. The van der Waals surface area contributed by atoms with Crippen LogP contribution in [0.1, 0.15) is 302 Å². The molecule has 0 saturated heterocycles. The van der Waals surface area contributed by atoms with E-state index in [2.05, 4.69) is 219 Å². The number of benzene rings is 2. The van der Waals surface area contributed by atoms with Crippen molar-refractivity contribution in [2.45, 2.75) is 288 Å². The Kier molecular flexibility index (Phi) is 25.0. The lowest BCUT2D eigenvalue weighted by Crippen LogP contribution is -2.26. The Hall–Kier alpha value is -3.48. The van der Waals surface area contributed by atoms with Crippen molar-refractivity contribution in [1.29, 1.82) is 0 Å². The van der Waals surface area contributed by atoms with Gasteiger partial charge in [-0.25, -0.2) is 9.97 Å². The van der Waals surface area contributed by atoms with E-state index < -0.39 is 0 Å². The molecule has 6 atom stereocenters. The first kappa shape index (κ1) is 74.6. The summed E-state index contributed by atoms with van der Waals surface area (Å²) < 4.78 is 29.0. The number of furan rings is 1. The summed E-state index contributed by atoms with van der Waals surface area (Å²) in [6.45, 7) is 61.5. The van der Waals surface area contributed by atoms with Crippen LogP contribution < -0.4 is 0 Å². The molecule has 2 aliphatic carbocycles. The molecule has 0 radical (unpaired) electrons. The van der Waals surface area contributed by atoms with Gasteiger partial charge in [0.25, 0.3) is 0 Å². The van der Waals surface area contributed by atoms with Crippen LogP contribution in [0, 0.1) is 87.9 Å². The van der Waals surface area contributed by atoms with Gasteiger partial charge in [0.1, 0.15) is 17.6 Å². The lowest BCUT2D eigenvalue weighted by molar-refractivity contribution is -0.0316. The third-order valence-corrected chi connectivity index (χ3v) is 21.7. The molecule has 2 aromatic carbocycles. The van der Waals surface area contributed by atoms with Crippen LogP contribution in [0.2, 0.25) is 0 Å². The number of nitrogens with zero attached hydrogens (tertiary/aromatic N) is 2. The molecule has 4 aliphatic heterocycles. The molecule has 6 aliphatic rings. The summed E-state index contributed by atoms with van der Waals surface area (Å²) >= 11 is 5.51. The van der Waals surface area contributed by atoms with E-state index in [1.165, 1.54) is 103 Å². The van der Waals surface area contributed by atoms with Gasteiger partial charge >= 0.3 is 0 Å². The fourth-order valence-corrected chi connectivity index (χ4v) is 17.4. The van der Waals surface area contributed by atoms with E-state index in [1.54, 1.807) is 33.6 Å². The molecule has 0 fully saturated rings. The van der Waals surface area contributed by atoms with Crippen LogP contribution in [0.5, 0.6) is 0 Å². The summed E-state index contributed by atoms with van der Waals surface area (Å²) in [6.07, 6.45) is 12.9. The summed E-state index contributed by atoms with van der Waals surface area (Å²) in [6, 6.07) is 14.2. The monoisotopic (exact) mass is 1270 g/mol. The average molecular weight is 1280 g/mol. The third kappa shape index (κ3) is 19.3. The first-order valence-electron chi connectivity index (χ1n) is 33.5. The summed E-state index contributed by atoms with van der Waals surface area (Å²) in [5.74, 6) is 3.61. The Morgan fingerprint density at radius 1 is 0.393 bits per heavy atom. The SMILES string of the molecule is C.Cc1cc2c(cc1C)C(C(C)(C)C)CC2.Cc1cc2c(cc1C)C(C(C)(C)C)CCCC2.Cc1cc2c(o1)CCOC2C(C)(C)C.Cc1cc2c(s1)C(C(C)(C)C)OCC2.Cc1nc2c(s1)C(C(C)(C)C)OCC2.Cc1nc2c(s1)CCOC2C(C)(C)C. The van der Waals surface area contributed by atoms with E-state index in [9.17, 15) is 0 Å². The van der Waals surface area contributed by atoms with Gasteiger partial charge < -0.3 is 23.4 Å². The van der Waals surface area contributed by atoms with Gasteiger partial charge in [-0.15, -0.1) is 34.0 Å². The van der Waals surface area contributed by atoms with E-state index in [0.717, 1.165) is 85.5 Å². The second-order valence-electron chi connectivity index (χ2n) is 32.9. The van der Waals surface area contributed by atoms with Crippen LogP contribution in [0.4, 0.5) is 0 Å². The molecule has 6 aromatic rings. The van der Waals surface area contributed by atoms with Crippen molar-refractivity contribution in [3.63, 3.8) is 0 Å². The number of fused-ring (bicyclic) bond motifs is 6. The van der Waals surface area contributed by atoms with Gasteiger partial charge in [0.05, 0.1) is 71.0 Å². The summed E-state index contributed by atoms with van der Waals surface area (Å²) in [7, 11) is 0. The fraction of sp³-hybridized carbons (Fsp3) is 0.671. The smallest absolute Gasteiger partial charge is 0.112 e. The number of hydrogen-bond donors (Lipinski definition) is 0. The highest BCUT2D eigenvalue weighted by atomic mass is 32.1. The van der Waals surface area contributed by atoms with Crippen LogP contribution in [-0.2, 0) is 57.5 Å². The summed E-state index contributed by atoms with van der Waals surface area (Å²) in [4.78, 5) is 14.8. The third-order valence-electron chi connectivity index (χ3n) is 18.5. The van der Waals surface area contributed by atoms with Gasteiger partial charge in [-0.1, -0.05) is 163 Å². The lowest BCUT2D eigenvalue weighted by Gasteiger charge is -2.33. The van der Waals surface area contributed by atoms with Crippen LogP contribution in [-0.4, -0.2) is 36.4 Å². The van der Waals surface area contributed by atoms with Crippen LogP contribution in [0.3, 0.4) is 0 Å². The summed E-state index contributed by atoms with van der Waals surface area (Å²) in [5.41, 5.74) is 19.0. The molecule has 6 unspecified atom stereocenters. The zero-order valence-corrected chi connectivity index (χ0v) is 62.4. The Morgan fingerprint density at radius 2 is 0.865 bits per heavy atom. The Labute approximate surface area is 555 Å². The molecule has 4 aromatic heterocycles.